The average Bonchev–Trinajstić information content (AvgIpc) is 2.72. The Bertz CT molecular complexity index is 1120. The summed E-state index contributed by atoms with van der Waals surface area (Å²) in [5.74, 6) is -0.0925. The number of amides is 1. The lowest BCUT2D eigenvalue weighted by molar-refractivity contribution is -0.477. The number of carbonyl (C=O) groups excluding carboxylic acids is 2. The van der Waals surface area contributed by atoms with Gasteiger partial charge in [0, 0.05) is 0 Å². The SMILES string of the molecule is C[C@H](NC(=O)OC(C)(C)C)C(=O)Oc1ccc(C[NH+]=C(N)N)cc1.Cc1ccc(S(=O)(=O)[O-])cc1. The third kappa shape index (κ3) is 12.4. The fourth-order valence-corrected chi connectivity index (χ4v) is 2.80. The highest BCUT2D eigenvalue weighted by atomic mass is 32.2. The lowest BCUT2D eigenvalue weighted by Gasteiger charge is -2.21. The molecule has 1 atom stereocenters. The molecule has 6 N–H and O–H groups in total. The van der Waals surface area contributed by atoms with Gasteiger partial charge in [0.15, 0.2) is 0 Å². The van der Waals surface area contributed by atoms with Crippen LogP contribution in [0.2, 0.25) is 0 Å². The van der Waals surface area contributed by atoms with Gasteiger partial charge in [0.2, 0.25) is 0 Å². The predicted octanol–water partition coefficient (Wildman–Crippen LogP) is 0.258. The standard InChI is InChI=1S/C16H24N4O4.C7H8O3S/c1-10(20-15(22)24-16(2,3)4)13(21)23-12-7-5-11(6-8-12)9-19-14(17)18;1-6-2-4-7(5-3-6)11(8,9)10/h5-8,10H,9H2,1-4H3,(H,20,22)(H4,17,18,19);2-5H,1H3,(H,8,9,10)/t10-;/m0./s1. The highest BCUT2D eigenvalue weighted by molar-refractivity contribution is 7.85. The molecular weight excluding hydrogens is 476 g/mol. The van der Waals surface area contributed by atoms with E-state index in [0.29, 0.717) is 12.3 Å². The van der Waals surface area contributed by atoms with Crippen molar-refractivity contribution in [3.63, 3.8) is 0 Å². The number of benzene rings is 2. The number of guanidine groups is 1. The van der Waals surface area contributed by atoms with Gasteiger partial charge in [0.05, 0.1) is 11.4 Å². The van der Waals surface area contributed by atoms with E-state index in [1.54, 1.807) is 57.2 Å². The summed E-state index contributed by atoms with van der Waals surface area (Å²) in [5, 5.41) is 2.42. The number of alkyl carbamates (subject to hydrolysis) is 1. The van der Waals surface area contributed by atoms with Gasteiger partial charge in [-0.05, 0) is 64.4 Å². The van der Waals surface area contributed by atoms with Gasteiger partial charge in [-0.3, -0.25) is 16.5 Å². The van der Waals surface area contributed by atoms with Crippen LogP contribution >= 0.6 is 0 Å². The number of aryl methyl sites for hydroxylation is 1. The molecule has 11 nitrogen and oxygen atoms in total. The molecule has 0 fully saturated rings. The van der Waals surface area contributed by atoms with Gasteiger partial charge < -0.3 is 19.3 Å². The van der Waals surface area contributed by atoms with Crippen molar-refractivity contribution in [2.75, 3.05) is 0 Å². The maximum atomic E-state index is 12.0. The Morgan fingerprint density at radius 1 is 1.06 bits per heavy atom. The van der Waals surface area contributed by atoms with Crippen LogP contribution in [0.4, 0.5) is 4.79 Å². The highest BCUT2D eigenvalue weighted by Crippen LogP contribution is 2.13. The first kappa shape index (κ1) is 29.4. The Kier molecular flexibility index (Phi) is 10.7. The lowest BCUT2D eigenvalue weighted by Crippen LogP contribution is -2.76. The molecule has 0 saturated carbocycles. The first-order valence-electron chi connectivity index (χ1n) is 10.5. The van der Waals surface area contributed by atoms with Crippen LogP contribution < -0.4 is 26.5 Å². The van der Waals surface area contributed by atoms with E-state index < -0.39 is 33.8 Å². The van der Waals surface area contributed by atoms with Crippen molar-refractivity contribution in [1.29, 1.82) is 0 Å². The normalized spacial score (nSPS) is 11.8. The predicted molar refractivity (Wildman–Crippen MR) is 128 cm³/mol. The lowest BCUT2D eigenvalue weighted by atomic mass is 10.2. The largest absolute Gasteiger partial charge is 0.744 e. The molecular formula is C23H32N4O7S. The van der Waals surface area contributed by atoms with E-state index in [9.17, 15) is 22.6 Å². The van der Waals surface area contributed by atoms with Gasteiger partial charge in [-0.2, -0.15) is 0 Å². The summed E-state index contributed by atoms with van der Waals surface area (Å²) in [6.45, 7) is 9.02. The maximum absolute atomic E-state index is 12.0. The quantitative estimate of drug-likeness (QED) is 0.139. The fraction of sp³-hybridized carbons (Fsp3) is 0.348. The topological polar surface area (TPSA) is 188 Å². The van der Waals surface area contributed by atoms with Crippen LogP contribution in [0.1, 0.15) is 38.8 Å². The number of esters is 1. The molecule has 0 spiro atoms. The average molecular weight is 509 g/mol. The molecule has 1 amide bonds. The molecule has 0 aliphatic heterocycles. The van der Waals surface area contributed by atoms with Gasteiger partial charge >= 0.3 is 18.0 Å². The first-order valence-corrected chi connectivity index (χ1v) is 11.9. The van der Waals surface area contributed by atoms with E-state index in [4.69, 9.17) is 20.9 Å². The summed E-state index contributed by atoms with van der Waals surface area (Å²) in [5.41, 5.74) is 11.8. The second-order valence-corrected chi connectivity index (χ2v) is 9.89. The zero-order chi connectivity index (χ0) is 26.8. The number of rotatable bonds is 6. The molecule has 35 heavy (non-hydrogen) atoms. The van der Waals surface area contributed by atoms with Gasteiger partial charge in [-0.1, -0.05) is 29.8 Å². The molecule has 0 aliphatic rings. The third-order valence-electron chi connectivity index (χ3n) is 4.03. The molecule has 12 heteroatoms. The second-order valence-electron chi connectivity index (χ2n) is 8.51. The highest BCUT2D eigenvalue weighted by Gasteiger charge is 2.22. The smallest absolute Gasteiger partial charge is 0.408 e. The van der Waals surface area contributed by atoms with Crippen molar-refractivity contribution >= 4 is 28.1 Å². The monoisotopic (exact) mass is 508 g/mol. The van der Waals surface area contributed by atoms with E-state index in [2.05, 4.69) is 10.3 Å². The summed E-state index contributed by atoms with van der Waals surface area (Å²) in [6, 6.07) is 11.8. The molecule has 192 valence electrons. The van der Waals surface area contributed by atoms with Crippen LogP contribution in [-0.4, -0.2) is 42.6 Å². The van der Waals surface area contributed by atoms with Gasteiger partial charge in [-0.15, -0.1) is 0 Å². The number of carbonyl (C=O) groups is 2. The molecule has 0 radical (unpaired) electrons. The second kappa shape index (κ2) is 12.7. The van der Waals surface area contributed by atoms with Crippen LogP contribution in [0.15, 0.2) is 53.4 Å². The number of nitrogens with one attached hydrogen (secondary N) is 2. The van der Waals surface area contributed by atoms with Crippen molar-refractivity contribution in [3.05, 3.63) is 59.7 Å². The molecule has 0 heterocycles. The Morgan fingerprint density at radius 3 is 2.06 bits per heavy atom. The Morgan fingerprint density at radius 2 is 1.60 bits per heavy atom. The molecule has 2 rings (SSSR count). The summed E-state index contributed by atoms with van der Waals surface area (Å²) in [6.07, 6.45) is -0.677. The molecule has 0 aromatic heterocycles. The molecule has 0 unspecified atom stereocenters. The van der Waals surface area contributed by atoms with Crippen LogP contribution in [0.5, 0.6) is 5.75 Å². The van der Waals surface area contributed by atoms with Crippen molar-refractivity contribution < 1.29 is 37.0 Å². The van der Waals surface area contributed by atoms with Crippen molar-refractivity contribution in [2.24, 2.45) is 11.5 Å². The van der Waals surface area contributed by atoms with E-state index in [1.807, 2.05) is 6.92 Å². The number of ether oxygens (including phenoxy) is 2. The third-order valence-corrected chi connectivity index (χ3v) is 4.88. The zero-order valence-electron chi connectivity index (χ0n) is 20.3. The van der Waals surface area contributed by atoms with E-state index in [1.165, 1.54) is 19.1 Å². The molecule has 0 bridgehead atoms. The van der Waals surface area contributed by atoms with Crippen molar-refractivity contribution in [3.8, 4) is 5.75 Å². The van der Waals surface area contributed by atoms with Crippen molar-refractivity contribution in [1.82, 2.24) is 5.32 Å². The Labute approximate surface area is 205 Å². The molecule has 0 aliphatic carbocycles. The summed E-state index contributed by atoms with van der Waals surface area (Å²) in [4.78, 5) is 26.2. The number of hydrogen-bond donors (Lipinski definition) is 4. The van der Waals surface area contributed by atoms with Crippen LogP contribution in [0, 0.1) is 6.92 Å². The van der Waals surface area contributed by atoms with E-state index >= 15 is 0 Å². The van der Waals surface area contributed by atoms with Gasteiger partial charge in [0.25, 0.3) is 0 Å². The van der Waals surface area contributed by atoms with Crippen LogP contribution in [-0.2, 0) is 26.2 Å². The first-order chi connectivity index (χ1) is 16.1. The van der Waals surface area contributed by atoms with Gasteiger partial charge in [0.1, 0.15) is 27.5 Å². The van der Waals surface area contributed by atoms with Crippen LogP contribution in [0.3, 0.4) is 0 Å². The molecule has 0 saturated heterocycles. The van der Waals surface area contributed by atoms with E-state index in [0.717, 1.165) is 11.1 Å². The summed E-state index contributed by atoms with van der Waals surface area (Å²) in [7, 11) is -4.27. The summed E-state index contributed by atoms with van der Waals surface area (Å²) >= 11 is 0. The number of nitrogens with two attached hydrogens (primary N) is 2. The minimum absolute atomic E-state index is 0.132. The van der Waals surface area contributed by atoms with Crippen LogP contribution in [0.25, 0.3) is 0 Å². The van der Waals surface area contributed by atoms with Gasteiger partial charge in [-0.25, -0.2) is 18.0 Å². The zero-order valence-corrected chi connectivity index (χ0v) is 21.1. The Balaban J connectivity index is 0.000000462. The minimum atomic E-state index is -4.27. The molecule has 2 aromatic carbocycles. The minimum Gasteiger partial charge on any atom is -0.744 e. The van der Waals surface area contributed by atoms with E-state index in [-0.39, 0.29) is 10.9 Å². The van der Waals surface area contributed by atoms with Crippen molar-refractivity contribution in [2.45, 2.75) is 57.7 Å². The number of hydrogen-bond acceptors (Lipinski definition) is 7. The maximum Gasteiger partial charge on any atom is 0.408 e. The summed E-state index contributed by atoms with van der Waals surface area (Å²) < 4.78 is 41.5. The fourth-order valence-electron chi connectivity index (χ4n) is 2.33. The Hall–Kier alpha value is -3.64. The molecule has 2 aromatic rings.